The highest BCUT2D eigenvalue weighted by Crippen LogP contribution is 2.42. The van der Waals surface area contributed by atoms with Gasteiger partial charge < -0.3 is 29.3 Å². The number of ether oxygens (including phenoxy) is 3. The van der Waals surface area contributed by atoms with Gasteiger partial charge in [-0.1, -0.05) is 31.5 Å². The number of hydrogen-bond acceptors (Lipinski definition) is 8. The molecule has 0 bridgehead atoms. The molecule has 0 radical (unpaired) electrons. The van der Waals surface area contributed by atoms with E-state index in [1.54, 1.807) is 36.4 Å². The number of amides is 1. The SMILES string of the molecule is CCCCOc1cccc(/C(O)=C2\C(=O)C(=O)N(CCCN3CCOCC3)C2c2ccc(O)c(OC)c2)c1. The third-order valence-corrected chi connectivity index (χ3v) is 6.91. The Hall–Kier alpha value is -3.56. The maximum Gasteiger partial charge on any atom is 0.295 e. The van der Waals surface area contributed by atoms with Gasteiger partial charge in [-0.3, -0.25) is 14.5 Å². The van der Waals surface area contributed by atoms with Gasteiger partial charge in [0.2, 0.25) is 0 Å². The first kappa shape index (κ1) is 27.5. The lowest BCUT2D eigenvalue weighted by atomic mass is 9.95. The van der Waals surface area contributed by atoms with Crippen LogP contribution in [0.25, 0.3) is 5.76 Å². The van der Waals surface area contributed by atoms with E-state index in [2.05, 4.69) is 11.8 Å². The lowest BCUT2D eigenvalue weighted by Gasteiger charge is -2.29. The number of phenols is 1. The fourth-order valence-corrected chi connectivity index (χ4v) is 4.83. The highest BCUT2D eigenvalue weighted by molar-refractivity contribution is 6.46. The van der Waals surface area contributed by atoms with Crippen molar-refractivity contribution in [3.05, 3.63) is 59.2 Å². The van der Waals surface area contributed by atoms with E-state index in [-0.39, 0.29) is 22.8 Å². The first-order chi connectivity index (χ1) is 18.4. The van der Waals surface area contributed by atoms with Gasteiger partial charge in [0.25, 0.3) is 11.7 Å². The summed E-state index contributed by atoms with van der Waals surface area (Å²) in [7, 11) is 1.43. The van der Waals surface area contributed by atoms with Crippen LogP contribution in [0, 0.1) is 0 Å². The molecule has 0 saturated carbocycles. The van der Waals surface area contributed by atoms with Gasteiger partial charge in [0.05, 0.1) is 38.5 Å². The van der Waals surface area contributed by atoms with Gasteiger partial charge in [-0.15, -0.1) is 0 Å². The number of carbonyl (C=O) groups is 2. The Labute approximate surface area is 223 Å². The highest BCUT2D eigenvalue weighted by atomic mass is 16.5. The van der Waals surface area contributed by atoms with Crippen molar-refractivity contribution in [3.63, 3.8) is 0 Å². The number of hydrogen-bond donors (Lipinski definition) is 2. The second-order valence-electron chi connectivity index (χ2n) is 9.46. The number of aromatic hydroxyl groups is 1. The van der Waals surface area contributed by atoms with Crippen LogP contribution in [0.1, 0.15) is 43.4 Å². The van der Waals surface area contributed by atoms with Crippen LogP contribution in [0.2, 0.25) is 0 Å². The Morgan fingerprint density at radius 1 is 1.08 bits per heavy atom. The van der Waals surface area contributed by atoms with Gasteiger partial charge in [0, 0.05) is 31.7 Å². The number of carbonyl (C=O) groups excluding carboxylic acids is 2. The summed E-state index contributed by atoms with van der Waals surface area (Å²) in [6, 6.07) is 10.8. The molecule has 2 heterocycles. The minimum absolute atomic E-state index is 0.000163. The molecule has 0 aliphatic carbocycles. The van der Waals surface area contributed by atoms with Crippen LogP contribution in [-0.2, 0) is 14.3 Å². The Morgan fingerprint density at radius 3 is 2.61 bits per heavy atom. The predicted octanol–water partition coefficient (Wildman–Crippen LogP) is 3.72. The van der Waals surface area contributed by atoms with Crippen LogP contribution in [0.3, 0.4) is 0 Å². The zero-order valence-electron chi connectivity index (χ0n) is 22.0. The molecule has 0 spiro atoms. The Balaban J connectivity index is 1.68. The van der Waals surface area contributed by atoms with Crippen LogP contribution in [0.4, 0.5) is 0 Å². The summed E-state index contributed by atoms with van der Waals surface area (Å²) < 4.78 is 16.5. The van der Waals surface area contributed by atoms with Crippen molar-refractivity contribution in [2.24, 2.45) is 0 Å². The maximum absolute atomic E-state index is 13.3. The highest BCUT2D eigenvalue weighted by Gasteiger charge is 2.46. The predicted molar refractivity (Wildman–Crippen MR) is 142 cm³/mol. The van der Waals surface area contributed by atoms with Gasteiger partial charge in [0.15, 0.2) is 11.5 Å². The van der Waals surface area contributed by atoms with E-state index in [4.69, 9.17) is 14.2 Å². The van der Waals surface area contributed by atoms with Crippen LogP contribution in [0.15, 0.2) is 48.0 Å². The Morgan fingerprint density at radius 2 is 1.87 bits per heavy atom. The van der Waals surface area contributed by atoms with Crippen molar-refractivity contribution in [2.45, 2.75) is 32.2 Å². The zero-order valence-corrected chi connectivity index (χ0v) is 22.0. The van der Waals surface area contributed by atoms with Gasteiger partial charge >= 0.3 is 0 Å². The minimum atomic E-state index is -0.834. The van der Waals surface area contributed by atoms with Crippen molar-refractivity contribution in [1.82, 2.24) is 9.80 Å². The standard InChI is InChI=1S/C29H36N2O7/c1-3-4-15-38-22-8-5-7-21(18-22)27(33)25-26(20-9-10-23(32)24(19-20)36-2)31(29(35)28(25)34)12-6-11-30-13-16-37-17-14-30/h5,7-10,18-19,26,32-33H,3-4,6,11-17H2,1-2H3/b27-25+. The number of aliphatic hydroxyl groups is 1. The summed E-state index contributed by atoms with van der Waals surface area (Å²) >= 11 is 0. The van der Waals surface area contributed by atoms with Crippen molar-refractivity contribution < 1.29 is 34.0 Å². The number of phenolic OH excluding ortho intramolecular Hbond substituents is 1. The molecule has 9 heteroatoms. The quantitative estimate of drug-likeness (QED) is 0.198. The largest absolute Gasteiger partial charge is 0.507 e. The van der Waals surface area contributed by atoms with Crippen molar-refractivity contribution >= 4 is 17.4 Å². The maximum atomic E-state index is 13.3. The zero-order chi connectivity index (χ0) is 27.1. The Kier molecular flexibility index (Phi) is 9.25. The molecular weight excluding hydrogens is 488 g/mol. The Bertz CT molecular complexity index is 1170. The molecule has 2 fully saturated rings. The summed E-state index contributed by atoms with van der Waals surface area (Å²) in [5.74, 6) is -0.948. The summed E-state index contributed by atoms with van der Waals surface area (Å²) in [4.78, 5) is 30.4. The van der Waals surface area contributed by atoms with Crippen LogP contribution < -0.4 is 9.47 Å². The average Bonchev–Trinajstić information content (AvgIpc) is 3.19. The van der Waals surface area contributed by atoms with Crippen molar-refractivity contribution in [3.8, 4) is 17.2 Å². The van der Waals surface area contributed by atoms with Gasteiger partial charge in [-0.05, 0) is 42.7 Å². The molecule has 204 valence electrons. The molecule has 38 heavy (non-hydrogen) atoms. The molecule has 2 aliphatic heterocycles. The molecule has 1 atom stereocenters. The van der Waals surface area contributed by atoms with Gasteiger partial charge in [-0.25, -0.2) is 0 Å². The normalized spacial score (nSPS) is 19.6. The van der Waals surface area contributed by atoms with E-state index in [1.165, 1.54) is 18.1 Å². The van der Waals surface area contributed by atoms with Gasteiger partial charge in [0.1, 0.15) is 11.5 Å². The number of methoxy groups -OCH3 is 1. The van der Waals surface area contributed by atoms with Crippen LogP contribution in [-0.4, -0.2) is 84.8 Å². The summed E-state index contributed by atoms with van der Waals surface area (Å²) in [6.45, 7) is 6.72. The second kappa shape index (κ2) is 12.8. The molecule has 9 nitrogen and oxygen atoms in total. The third kappa shape index (κ3) is 6.11. The van der Waals surface area contributed by atoms with Gasteiger partial charge in [-0.2, -0.15) is 0 Å². The number of nitrogens with zero attached hydrogens (tertiary/aromatic N) is 2. The monoisotopic (exact) mass is 524 g/mol. The molecule has 4 rings (SSSR count). The molecule has 1 unspecified atom stereocenters. The van der Waals surface area contributed by atoms with Crippen LogP contribution >= 0.6 is 0 Å². The van der Waals surface area contributed by atoms with Crippen LogP contribution in [0.5, 0.6) is 17.2 Å². The lowest BCUT2D eigenvalue weighted by Crippen LogP contribution is -2.38. The van der Waals surface area contributed by atoms with Crippen molar-refractivity contribution in [1.29, 1.82) is 0 Å². The summed E-state index contributed by atoms with van der Waals surface area (Å²) in [6.07, 6.45) is 2.54. The van der Waals surface area contributed by atoms with E-state index in [0.717, 1.165) is 32.5 Å². The number of aliphatic hydroxyl groups excluding tert-OH is 1. The van der Waals surface area contributed by atoms with Crippen molar-refractivity contribution in [2.75, 3.05) is 53.1 Å². The van der Waals surface area contributed by atoms with E-state index < -0.39 is 17.7 Å². The number of rotatable bonds is 11. The molecule has 0 aromatic heterocycles. The number of unbranched alkanes of at least 4 members (excludes halogenated alkanes) is 1. The summed E-state index contributed by atoms with van der Waals surface area (Å²) in [5, 5.41) is 21.5. The van der Waals surface area contributed by atoms with E-state index >= 15 is 0 Å². The minimum Gasteiger partial charge on any atom is -0.507 e. The molecule has 2 aliphatic rings. The first-order valence-corrected chi connectivity index (χ1v) is 13.1. The number of likely N-dealkylation sites (tertiary alicyclic amines) is 1. The molecular formula is C29H36N2O7. The molecule has 2 saturated heterocycles. The third-order valence-electron chi connectivity index (χ3n) is 6.91. The fourth-order valence-electron chi connectivity index (χ4n) is 4.83. The number of benzene rings is 2. The van der Waals surface area contributed by atoms with E-state index in [9.17, 15) is 19.8 Å². The topological polar surface area (TPSA) is 109 Å². The second-order valence-corrected chi connectivity index (χ2v) is 9.46. The summed E-state index contributed by atoms with van der Waals surface area (Å²) in [5.41, 5.74) is 0.947. The molecule has 1 amide bonds. The lowest BCUT2D eigenvalue weighted by molar-refractivity contribution is -0.140. The fraction of sp³-hybridized carbons (Fsp3) is 0.448. The first-order valence-electron chi connectivity index (χ1n) is 13.1. The molecule has 2 N–H and O–H groups in total. The molecule has 2 aromatic carbocycles. The average molecular weight is 525 g/mol. The number of ketones is 1. The smallest absolute Gasteiger partial charge is 0.295 e. The molecule has 2 aromatic rings. The number of morpholine rings is 1. The van der Waals surface area contributed by atoms with E-state index in [1.807, 2.05) is 0 Å². The number of Topliss-reactive ketones (excluding diaryl/α,β-unsaturated/α-hetero) is 1. The van der Waals surface area contributed by atoms with E-state index in [0.29, 0.717) is 49.7 Å².